The normalized spacial score (nSPS) is 33.5. The van der Waals surface area contributed by atoms with Gasteiger partial charge in [0.15, 0.2) is 0 Å². The lowest BCUT2D eigenvalue weighted by Crippen LogP contribution is -2.42. The molecule has 3 rings (SSSR count). The van der Waals surface area contributed by atoms with Gasteiger partial charge in [0, 0.05) is 12.0 Å². The van der Waals surface area contributed by atoms with Gasteiger partial charge in [-0.25, -0.2) is 0 Å². The first-order chi connectivity index (χ1) is 7.30. The first kappa shape index (κ1) is 9.64. The van der Waals surface area contributed by atoms with Crippen molar-refractivity contribution in [1.29, 1.82) is 0 Å². The molecule has 15 heavy (non-hydrogen) atoms. The second kappa shape index (κ2) is 3.48. The molecular weight excluding hydrogens is 188 g/mol. The molecule has 0 radical (unpaired) electrons. The van der Waals surface area contributed by atoms with Crippen LogP contribution in [0.25, 0.3) is 0 Å². The molecule has 0 aromatic heterocycles. The molecule has 1 aliphatic heterocycles. The number of amides is 1. The van der Waals surface area contributed by atoms with Gasteiger partial charge in [0.2, 0.25) is 5.91 Å². The van der Waals surface area contributed by atoms with E-state index in [1.807, 2.05) is 0 Å². The molecule has 0 unspecified atom stereocenters. The van der Waals surface area contributed by atoms with Crippen LogP contribution in [-0.2, 0) is 4.79 Å². The van der Waals surface area contributed by atoms with Gasteiger partial charge in [-0.15, -0.1) is 0 Å². The van der Waals surface area contributed by atoms with Gasteiger partial charge < -0.3 is 10.6 Å². The van der Waals surface area contributed by atoms with Gasteiger partial charge in [-0.3, -0.25) is 4.79 Å². The largest absolute Gasteiger partial charge is 0.353 e. The summed E-state index contributed by atoms with van der Waals surface area (Å²) in [7, 11) is 0. The van der Waals surface area contributed by atoms with Gasteiger partial charge in [-0.05, 0) is 57.0 Å². The Bertz CT molecular complexity index is 267. The van der Waals surface area contributed by atoms with Crippen LogP contribution in [-0.4, -0.2) is 25.0 Å². The second-order valence-electron chi connectivity index (χ2n) is 5.51. The smallest absolute Gasteiger partial charge is 0.223 e. The number of rotatable bonds is 2. The monoisotopic (exact) mass is 208 g/mol. The van der Waals surface area contributed by atoms with E-state index in [-0.39, 0.29) is 0 Å². The topological polar surface area (TPSA) is 41.1 Å². The van der Waals surface area contributed by atoms with Crippen molar-refractivity contribution < 1.29 is 4.79 Å². The first-order valence-electron chi connectivity index (χ1n) is 6.31. The molecule has 3 heteroatoms. The fourth-order valence-corrected chi connectivity index (χ4v) is 3.05. The summed E-state index contributed by atoms with van der Waals surface area (Å²) < 4.78 is 0. The molecule has 3 nitrogen and oxygen atoms in total. The third-order valence-electron chi connectivity index (χ3n) is 4.56. The first-order valence-corrected chi connectivity index (χ1v) is 6.31. The van der Waals surface area contributed by atoms with Crippen molar-refractivity contribution in [2.24, 2.45) is 11.3 Å². The van der Waals surface area contributed by atoms with Crippen LogP contribution in [0.15, 0.2) is 0 Å². The van der Waals surface area contributed by atoms with Crippen LogP contribution >= 0.6 is 0 Å². The Morgan fingerprint density at radius 3 is 2.60 bits per heavy atom. The summed E-state index contributed by atoms with van der Waals surface area (Å²) in [5.74, 6) is 0.696. The Morgan fingerprint density at radius 2 is 2.00 bits per heavy atom. The number of carbonyl (C=O) groups is 1. The molecule has 3 fully saturated rings. The van der Waals surface area contributed by atoms with E-state index in [9.17, 15) is 4.79 Å². The number of hydrogen-bond donors (Lipinski definition) is 2. The molecule has 0 aromatic rings. The summed E-state index contributed by atoms with van der Waals surface area (Å²) >= 11 is 0. The highest BCUT2D eigenvalue weighted by atomic mass is 16.2. The summed E-state index contributed by atoms with van der Waals surface area (Å²) in [5, 5.41) is 6.56. The van der Waals surface area contributed by atoms with Gasteiger partial charge in [-0.1, -0.05) is 0 Å². The number of piperidine rings is 1. The predicted molar refractivity (Wildman–Crippen MR) is 58.4 cm³/mol. The van der Waals surface area contributed by atoms with Crippen LogP contribution in [0, 0.1) is 11.3 Å². The fraction of sp³-hybridized carbons (Fsp3) is 0.917. The van der Waals surface area contributed by atoms with Crippen molar-refractivity contribution in [2.45, 2.75) is 44.6 Å². The summed E-state index contributed by atoms with van der Waals surface area (Å²) in [4.78, 5) is 12.0. The summed E-state index contributed by atoms with van der Waals surface area (Å²) in [6.07, 6.45) is 7.25. The molecule has 2 aliphatic carbocycles. The zero-order valence-corrected chi connectivity index (χ0v) is 9.22. The van der Waals surface area contributed by atoms with E-state index in [1.54, 1.807) is 0 Å². The molecule has 1 heterocycles. The van der Waals surface area contributed by atoms with Crippen molar-refractivity contribution in [2.75, 3.05) is 13.1 Å². The van der Waals surface area contributed by atoms with Crippen molar-refractivity contribution in [3.8, 4) is 0 Å². The predicted octanol–water partition coefficient (Wildman–Crippen LogP) is 1.04. The lowest BCUT2D eigenvalue weighted by molar-refractivity contribution is -0.124. The van der Waals surface area contributed by atoms with Crippen molar-refractivity contribution in [1.82, 2.24) is 10.6 Å². The lowest BCUT2D eigenvalue weighted by atomic mass is 9.90. The SMILES string of the molecule is O=C(NC1CCC1)[C@H]1CC12CCNCC2. The Morgan fingerprint density at radius 1 is 1.27 bits per heavy atom. The molecule has 1 saturated heterocycles. The van der Waals surface area contributed by atoms with Gasteiger partial charge in [0.1, 0.15) is 0 Å². The molecule has 1 spiro atoms. The van der Waals surface area contributed by atoms with Crippen molar-refractivity contribution in [3.63, 3.8) is 0 Å². The third kappa shape index (κ3) is 1.67. The van der Waals surface area contributed by atoms with Crippen molar-refractivity contribution >= 4 is 5.91 Å². The minimum absolute atomic E-state index is 0.347. The number of hydrogen-bond acceptors (Lipinski definition) is 2. The number of carbonyl (C=O) groups excluding carboxylic acids is 1. The van der Waals surface area contributed by atoms with Crippen LogP contribution in [0.2, 0.25) is 0 Å². The Hall–Kier alpha value is -0.570. The maximum absolute atomic E-state index is 12.0. The van der Waals surface area contributed by atoms with E-state index < -0.39 is 0 Å². The quantitative estimate of drug-likeness (QED) is 0.712. The third-order valence-corrected chi connectivity index (χ3v) is 4.56. The van der Waals surface area contributed by atoms with Gasteiger partial charge >= 0.3 is 0 Å². The molecule has 0 bridgehead atoms. The van der Waals surface area contributed by atoms with E-state index in [2.05, 4.69) is 10.6 Å². The van der Waals surface area contributed by atoms with Crippen LogP contribution in [0.5, 0.6) is 0 Å². The highest BCUT2D eigenvalue weighted by Crippen LogP contribution is 2.58. The highest BCUT2D eigenvalue weighted by molar-refractivity contribution is 5.83. The molecule has 2 saturated carbocycles. The molecule has 1 amide bonds. The number of nitrogens with one attached hydrogen (secondary N) is 2. The van der Waals surface area contributed by atoms with Crippen LogP contribution in [0.4, 0.5) is 0 Å². The molecule has 3 aliphatic rings. The molecular formula is C12H20N2O. The summed E-state index contributed by atoms with van der Waals surface area (Å²) in [6, 6.07) is 0.511. The minimum atomic E-state index is 0.347. The van der Waals surface area contributed by atoms with E-state index in [0.717, 1.165) is 19.5 Å². The van der Waals surface area contributed by atoms with E-state index in [0.29, 0.717) is 23.3 Å². The molecule has 0 aromatic carbocycles. The van der Waals surface area contributed by atoms with Gasteiger partial charge in [0.25, 0.3) is 0 Å². The lowest BCUT2D eigenvalue weighted by Gasteiger charge is -2.28. The zero-order valence-electron chi connectivity index (χ0n) is 9.22. The average Bonchev–Trinajstić information content (AvgIpc) is 2.87. The minimum Gasteiger partial charge on any atom is -0.353 e. The van der Waals surface area contributed by atoms with Crippen LogP contribution in [0.3, 0.4) is 0 Å². The Kier molecular flexibility index (Phi) is 2.23. The van der Waals surface area contributed by atoms with E-state index >= 15 is 0 Å². The molecule has 84 valence electrons. The molecule has 1 atom stereocenters. The van der Waals surface area contributed by atoms with E-state index in [4.69, 9.17) is 0 Å². The maximum Gasteiger partial charge on any atom is 0.223 e. The summed E-state index contributed by atoms with van der Waals surface area (Å²) in [6.45, 7) is 2.21. The zero-order chi connectivity index (χ0) is 10.3. The molecule has 2 N–H and O–H groups in total. The average molecular weight is 208 g/mol. The van der Waals surface area contributed by atoms with E-state index in [1.165, 1.54) is 32.1 Å². The highest BCUT2D eigenvalue weighted by Gasteiger charge is 2.57. The fourth-order valence-electron chi connectivity index (χ4n) is 3.05. The maximum atomic E-state index is 12.0. The van der Waals surface area contributed by atoms with Gasteiger partial charge in [0.05, 0.1) is 0 Å². The standard InChI is InChI=1S/C12H20N2O/c15-11(14-9-2-1-3-9)10-8-12(10)4-6-13-7-5-12/h9-10,13H,1-8H2,(H,14,15)/t10-/m1/s1. The second-order valence-corrected chi connectivity index (χ2v) is 5.51. The van der Waals surface area contributed by atoms with Crippen LogP contribution in [0.1, 0.15) is 38.5 Å². The Balaban J connectivity index is 1.53. The summed E-state index contributed by atoms with van der Waals surface area (Å²) in [5.41, 5.74) is 0.402. The van der Waals surface area contributed by atoms with Crippen LogP contribution < -0.4 is 10.6 Å². The Labute approximate surface area is 91.0 Å². The van der Waals surface area contributed by atoms with Gasteiger partial charge in [-0.2, -0.15) is 0 Å². The van der Waals surface area contributed by atoms with Crippen molar-refractivity contribution in [3.05, 3.63) is 0 Å².